The van der Waals surface area contributed by atoms with Crippen LogP contribution in [0.15, 0.2) is 54.6 Å². The quantitative estimate of drug-likeness (QED) is 0.935. The van der Waals surface area contributed by atoms with Crippen LogP contribution < -0.4 is 15.4 Å². The van der Waals surface area contributed by atoms with E-state index in [1.807, 2.05) is 53.4 Å². The summed E-state index contributed by atoms with van der Waals surface area (Å²) in [6.45, 7) is 2.94. The van der Waals surface area contributed by atoms with Crippen molar-refractivity contribution in [1.82, 2.24) is 4.90 Å². The van der Waals surface area contributed by atoms with Gasteiger partial charge in [0, 0.05) is 37.9 Å². The largest absolute Gasteiger partial charge is 0.497 e. The lowest BCUT2D eigenvalue weighted by molar-refractivity contribution is -0.133. The number of nitrogens with two attached hydrogens (primary N) is 1. The second kappa shape index (κ2) is 7.36. The molecular formula is C19H23N3O2. The zero-order valence-electron chi connectivity index (χ0n) is 13.9. The van der Waals surface area contributed by atoms with Crippen molar-refractivity contribution < 1.29 is 9.53 Å². The SMILES string of the molecule is COc1cccc(N2CCN(C(=O)C(N)c3ccccc3)CC2)c1. The lowest BCUT2D eigenvalue weighted by Crippen LogP contribution is -2.51. The van der Waals surface area contributed by atoms with Gasteiger partial charge >= 0.3 is 0 Å². The first-order chi connectivity index (χ1) is 11.7. The lowest BCUT2D eigenvalue weighted by Gasteiger charge is -2.37. The topological polar surface area (TPSA) is 58.8 Å². The number of ether oxygens (including phenoxy) is 1. The summed E-state index contributed by atoms with van der Waals surface area (Å²) in [5.41, 5.74) is 8.11. The van der Waals surface area contributed by atoms with E-state index in [0.29, 0.717) is 13.1 Å². The molecule has 1 saturated heterocycles. The highest BCUT2D eigenvalue weighted by Crippen LogP contribution is 2.23. The minimum atomic E-state index is -0.588. The molecule has 126 valence electrons. The summed E-state index contributed by atoms with van der Waals surface area (Å²) in [5, 5.41) is 0. The average Bonchev–Trinajstić information content (AvgIpc) is 2.67. The number of hydrogen-bond donors (Lipinski definition) is 1. The number of rotatable bonds is 4. The van der Waals surface area contributed by atoms with Gasteiger partial charge < -0.3 is 20.3 Å². The third kappa shape index (κ3) is 3.51. The van der Waals surface area contributed by atoms with E-state index < -0.39 is 6.04 Å². The van der Waals surface area contributed by atoms with Gasteiger partial charge in [0.2, 0.25) is 5.91 Å². The molecule has 1 aliphatic heterocycles. The van der Waals surface area contributed by atoms with E-state index in [-0.39, 0.29) is 5.91 Å². The van der Waals surface area contributed by atoms with Crippen molar-refractivity contribution in [2.75, 3.05) is 38.2 Å². The number of amides is 1. The normalized spacial score (nSPS) is 15.9. The van der Waals surface area contributed by atoms with Crippen molar-refractivity contribution in [3.8, 4) is 5.75 Å². The molecule has 1 atom stereocenters. The predicted octanol–water partition coefficient (Wildman–Crippen LogP) is 2.04. The minimum absolute atomic E-state index is 0.00788. The van der Waals surface area contributed by atoms with Crippen molar-refractivity contribution >= 4 is 11.6 Å². The number of nitrogens with zero attached hydrogens (tertiary/aromatic N) is 2. The highest BCUT2D eigenvalue weighted by molar-refractivity contribution is 5.83. The molecule has 0 aromatic heterocycles. The van der Waals surface area contributed by atoms with Gasteiger partial charge in [0.1, 0.15) is 11.8 Å². The number of carbonyl (C=O) groups is 1. The van der Waals surface area contributed by atoms with Crippen LogP contribution in [0, 0.1) is 0 Å². The highest BCUT2D eigenvalue weighted by Gasteiger charge is 2.26. The van der Waals surface area contributed by atoms with Crippen molar-refractivity contribution in [3.63, 3.8) is 0 Å². The molecule has 1 amide bonds. The number of anilines is 1. The molecule has 1 heterocycles. The van der Waals surface area contributed by atoms with Gasteiger partial charge in [-0.05, 0) is 17.7 Å². The van der Waals surface area contributed by atoms with Crippen LogP contribution in [0.25, 0.3) is 0 Å². The van der Waals surface area contributed by atoms with Crippen LogP contribution in [0.4, 0.5) is 5.69 Å². The van der Waals surface area contributed by atoms with E-state index in [0.717, 1.165) is 30.1 Å². The van der Waals surface area contributed by atoms with Gasteiger partial charge in [-0.1, -0.05) is 36.4 Å². The first-order valence-corrected chi connectivity index (χ1v) is 8.17. The van der Waals surface area contributed by atoms with Gasteiger partial charge in [0.05, 0.1) is 7.11 Å². The van der Waals surface area contributed by atoms with Gasteiger partial charge in [-0.3, -0.25) is 4.79 Å². The Labute approximate surface area is 142 Å². The monoisotopic (exact) mass is 325 g/mol. The van der Waals surface area contributed by atoms with Crippen LogP contribution in [-0.4, -0.2) is 44.1 Å². The second-order valence-corrected chi connectivity index (χ2v) is 5.90. The highest BCUT2D eigenvalue weighted by atomic mass is 16.5. The molecule has 1 unspecified atom stereocenters. The molecule has 0 spiro atoms. The first-order valence-electron chi connectivity index (χ1n) is 8.17. The summed E-state index contributed by atoms with van der Waals surface area (Å²) in [6, 6.07) is 16.9. The molecule has 2 aromatic rings. The van der Waals surface area contributed by atoms with Crippen LogP contribution in [0.3, 0.4) is 0 Å². The maximum absolute atomic E-state index is 12.6. The Morgan fingerprint density at radius 2 is 1.75 bits per heavy atom. The molecule has 0 radical (unpaired) electrons. The summed E-state index contributed by atoms with van der Waals surface area (Å²) >= 11 is 0. The molecule has 0 saturated carbocycles. The van der Waals surface area contributed by atoms with Gasteiger partial charge in [-0.25, -0.2) is 0 Å². The summed E-state index contributed by atoms with van der Waals surface area (Å²) in [5.74, 6) is 0.837. The standard InChI is InChI=1S/C19H23N3O2/c1-24-17-9-5-8-16(14-17)21-10-12-22(13-11-21)19(23)18(20)15-6-3-2-4-7-15/h2-9,14,18H,10-13,20H2,1H3. The van der Waals surface area contributed by atoms with Gasteiger partial charge in [0.25, 0.3) is 0 Å². The summed E-state index contributed by atoms with van der Waals surface area (Å²) in [4.78, 5) is 16.7. The van der Waals surface area contributed by atoms with E-state index in [1.54, 1.807) is 7.11 Å². The van der Waals surface area contributed by atoms with Gasteiger partial charge in [-0.15, -0.1) is 0 Å². The number of carbonyl (C=O) groups excluding carboxylic acids is 1. The Kier molecular flexibility index (Phi) is 5.01. The fraction of sp³-hybridized carbons (Fsp3) is 0.316. The van der Waals surface area contributed by atoms with Gasteiger partial charge in [0.15, 0.2) is 0 Å². The van der Waals surface area contributed by atoms with Crippen molar-refractivity contribution in [1.29, 1.82) is 0 Å². The molecule has 1 fully saturated rings. The van der Waals surface area contributed by atoms with Crippen molar-refractivity contribution in [2.45, 2.75) is 6.04 Å². The average molecular weight is 325 g/mol. The summed E-state index contributed by atoms with van der Waals surface area (Å²) in [7, 11) is 1.67. The number of methoxy groups -OCH3 is 1. The molecule has 0 aliphatic carbocycles. The van der Waals surface area contributed by atoms with Gasteiger partial charge in [-0.2, -0.15) is 0 Å². The maximum atomic E-state index is 12.6. The number of hydrogen-bond acceptors (Lipinski definition) is 4. The molecule has 1 aliphatic rings. The zero-order valence-corrected chi connectivity index (χ0v) is 13.9. The van der Waals surface area contributed by atoms with E-state index in [1.165, 1.54) is 0 Å². The predicted molar refractivity (Wildman–Crippen MR) is 95.2 cm³/mol. The Hall–Kier alpha value is -2.53. The van der Waals surface area contributed by atoms with Crippen LogP contribution in [0.1, 0.15) is 11.6 Å². The fourth-order valence-electron chi connectivity index (χ4n) is 2.99. The molecule has 3 rings (SSSR count). The van der Waals surface area contributed by atoms with Crippen molar-refractivity contribution in [2.24, 2.45) is 5.73 Å². The Balaban J connectivity index is 1.61. The Morgan fingerprint density at radius 3 is 2.42 bits per heavy atom. The zero-order chi connectivity index (χ0) is 16.9. The molecule has 2 N–H and O–H groups in total. The third-order valence-electron chi connectivity index (χ3n) is 4.43. The van der Waals surface area contributed by atoms with E-state index in [4.69, 9.17) is 10.5 Å². The first kappa shape index (κ1) is 16.3. The summed E-state index contributed by atoms with van der Waals surface area (Å²) in [6.07, 6.45) is 0. The lowest BCUT2D eigenvalue weighted by atomic mass is 10.1. The fourth-order valence-corrected chi connectivity index (χ4v) is 2.99. The van der Waals surface area contributed by atoms with Crippen molar-refractivity contribution in [3.05, 3.63) is 60.2 Å². The van der Waals surface area contributed by atoms with E-state index in [9.17, 15) is 4.79 Å². The molecule has 5 nitrogen and oxygen atoms in total. The van der Waals surface area contributed by atoms with Crippen LogP contribution in [0.2, 0.25) is 0 Å². The number of benzene rings is 2. The minimum Gasteiger partial charge on any atom is -0.497 e. The molecule has 5 heteroatoms. The Bertz CT molecular complexity index is 682. The smallest absolute Gasteiger partial charge is 0.244 e. The van der Waals surface area contributed by atoms with E-state index >= 15 is 0 Å². The van der Waals surface area contributed by atoms with Crippen LogP contribution in [-0.2, 0) is 4.79 Å². The number of piperazine rings is 1. The van der Waals surface area contributed by atoms with Crippen LogP contribution in [0.5, 0.6) is 5.75 Å². The molecule has 0 bridgehead atoms. The van der Waals surface area contributed by atoms with Crippen LogP contribution >= 0.6 is 0 Å². The third-order valence-corrected chi connectivity index (χ3v) is 4.43. The molecule has 24 heavy (non-hydrogen) atoms. The summed E-state index contributed by atoms with van der Waals surface area (Å²) < 4.78 is 5.28. The van der Waals surface area contributed by atoms with E-state index in [2.05, 4.69) is 11.0 Å². The second-order valence-electron chi connectivity index (χ2n) is 5.90. The Morgan fingerprint density at radius 1 is 1.04 bits per heavy atom. The maximum Gasteiger partial charge on any atom is 0.244 e. The molecular weight excluding hydrogens is 302 g/mol. The molecule has 2 aromatic carbocycles.